The summed E-state index contributed by atoms with van der Waals surface area (Å²) in [5.74, 6) is -1.02. The third-order valence-corrected chi connectivity index (χ3v) is 5.42. The largest absolute Gasteiger partial charge is 0.478 e. The molecule has 1 saturated carbocycles. The van der Waals surface area contributed by atoms with Gasteiger partial charge in [0, 0.05) is 18.7 Å². The second-order valence-corrected chi connectivity index (χ2v) is 7.26. The van der Waals surface area contributed by atoms with Crippen LogP contribution in [0.5, 0.6) is 0 Å². The number of carboxylic acid groups (broad SMARTS) is 1. The number of nitrogens with zero attached hydrogens (tertiary/aromatic N) is 1. The van der Waals surface area contributed by atoms with E-state index in [4.69, 9.17) is 0 Å². The lowest BCUT2D eigenvalue weighted by atomic mass is 9.94. The number of hydrogen-bond donors (Lipinski definition) is 1. The van der Waals surface area contributed by atoms with Crippen molar-refractivity contribution in [2.75, 3.05) is 13.1 Å². The molecule has 4 nitrogen and oxygen atoms in total. The van der Waals surface area contributed by atoms with Gasteiger partial charge in [0.2, 0.25) is 0 Å². The van der Waals surface area contributed by atoms with E-state index in [1.165, 1.54) is 12.8 Å². The van der Waals surface area contributed by atoms with Crippen molar-refractivity contribution in [3.8, 4) is 11.1 Å². The van der Waals surface area contributed by atoms with E-state index in [-0.39, 0.29) is 16.9 Å². The molecule has 132 valence electrons. The molecule has 0 aromatic heterocycles. The Kier molecular flexibility index (Phi) is 4.11. The molecular formula is C22H21NO3. The fourth-order valence-corrected chi connectivity index (χ4v) is 3.74. The van der Waals surface area contributed by atoms with Crippen molar-refractivity contribution in [1.29, 1.82) is 0 Å². The maximum Gasteiger partial charge on any atom is 0.336 e. The summed E-state index contributed by atoms with van der Waals surface area (Å²) in [6.07, 6.45) is 7.64. The summed E-state index contributed by atoms with van der Waals surface area (Å²) >= 11 is 0. The lowest BCUT2D eigenvalue weighted by Gasteiger charge is -2.25. The average molecular weight is 347 g/mol. The Morgan fingerprint density at radius 3 is 2.15 bits per heavy atom. The summed E-state index contributed by atoms with van der Waals surface area (Å²) in [5.41, 5.74) is 2.29. The van der Waals surface area contributed by atoms with Crippen molar-refractivity contribution in [2.45, 2.75) is 19.3 Å². The summed E-state index contributed by atoms with van der Waals surface area (Å²) in [5, 5.41) is 9.51. The SMILES string of the molecule is O=C(O)c1ccccc1-c1ccccc1C(=O)N1CC=CCC2(CC2)C1. The minimum absolute atomic E-state index is 0.0291. The standard InChI is InChI=1S/C22H21NO3/c24-20(23-14-6-5-11-22(15-23)12-13-22)18-9-3-1-7-16(18)17-8-2-4-10-19(17)21(25)26/h1-10H,11-15H2,(H,25,26). The quantitative estimate of drug-likeness (QED) is 0.845. The van der Waals surface area contributed by atoms with Gasteiger partial charge in [-0.15, -0.1) is 0 Å². The van der Waals surface area contributed by atoms with Crippen LogP contribution in [0.3, 0.4) is 0 Å². The molecule has 1 spiro atoms. The van der Waals surface area contributed by atoms with Crippen LogP contribution in [0.25, 0.3) is 11.1 Å². The Hall–Kier alpha value is -2.88. The van der Waals surface area contributed by atoms with Gasteiger partial charge < -0.3 is 10.0 Å². The van der Waals surface area contributed by atoms with E-state index in [9.17, 15) is 14.7 Å². The minimum Gasteiger partial charge on any atom is -0.478 e. The number of allylic oxidation sites excluding steroid dienone is 1. The highest BCUT2D eigenvalue weighted by Crippen LogP contribution is 2.50. The van der Waals surface area contributed by atoms with Gasteiger partial charge in [0.15, 0.2) is 0 Å². The molecule has 1 fully saturated rings. The normalized spacial score (nSPS) is 17.8. The Bertz CT molecular complexity index is 896. The van der Waals surface area contributed by atoms with Gasteiger partial charge in [-0.2, -0.15) is 0 Å². The molecule has 0 bridgehead atoms. The summed E-state index contributed by atoms with van der Waals surface area (Å²) < 4.78 is 0. The first-order valence-corrected chi connectivity index (χ1v) is 8.96. The van der Waals surface area contributed by atoms with Gasteiger partial charge in [0.05, 0.1) is 5.56 Å². The van der Waals surface area contributed by atoms with Crippen molar-refractivity contribution < 1.29 is 14.7 Å². The molecule has 4 rings (SSSR count). The summed E-state index contributed by atoms with van der Waals surface area (Å²) in [7, 11) is 0. The summed E-state index contributed by atoms with van der Waals surface area (Å²) in [6.45, 7) is 1.38. The van der Waals surface area contributed by atoms with E-state index in [1.807, 2.05) is 23.1 Å². The van der Waals surface area contributed by atoms with E-state index in [0.717, 1.165) is 13.0 Å². The minimum atomic E-state index is -0.988. The second kappa shape index (κ2) is 6.45. The van der Waals surface area contributed by atoms with Crippen LogP contribution in [0.2, 0.25) is 0 Å². The maximum absolute atomic E-state index is 13.3. The zero-order valence-electron chi connectivity index (χ0n) is 14.5. The molecule has 4 heteroatoms. The molecular weight excluding hydrogens is 326 g/mol. The molecule has 1 aliphatic heterocycles. The number of hydrogen-bond acceptors (Lipinski definition) is 2. The predicted molar refractivity (Wildman–Crippen MR) is 100 cm³/mol. The number of benzene rings is 2. The molecule has 1 N–H and O–H groups in total. The Morgan fingerprint density at radius 2 is 1.50 bits per heavy atom. The van der Waals surface area contributed by atoms with Crippen LogP contribution in [0.4, 0.5) is 0 Å². The molecule has 1 heterocycles. The molecule has 2 aliphatic rings. The third-order valence-electron chi connectivity index (χ3n) is 5.42. The smallest absolute Gasteiger partial charge is 0.336 e. The van der Waals surface area contributed by atoms with Gasteiger partial charge in [-0.05, 0) is 47.9 Å². The van der Waals surface area contributed by atoms with E-state index in [1.54, 1.807) is 30.3 Å². The van der Waals surface area contributed by atoms with E-state index in [0.29, 0.717) is 23.2 Å². The number of carbonyl (C=O) groups excluding carboxylic acids is 1. The lowest BCUT2D eigenvalue weighted by molar-refractivity contribution is 0.0695. The fraction of sp³-hybridized carbons (Fsp3) is 0.273. The molecule has 0 unspecified atom stereocenters. The van der Waals surface area contributed by atoms with Crippen molar-refractivity contribution in [1.82, 2.24) is 4.90 Å². The molecule has 0 atom stereocenters. The third kappa shape index (κ3) is 3.03. The number of aromatic carboxylic acids is 1. The highest BCUT2D eigenvalue weighted by atomic mass is 16.4. The molecule has 0 radical (unpaired) electrons. The molecule has 26 heavy (non-hydrogen) atoms. The highest BCUT2D eigenvalue weighted by Gasteiger charge is 2.44. The van der Waals surface area contributed by atoms with Gasteiger partial charge >= 0.3 is 5.97 Å². The summed E-state index contributed by atoms with van der Waals surface area (Å²) in [4.78, 5) is 26.8. The van der Waals surface area contributed by atoms with Crippen LogP contribution < -0.4 is 0 Å². The zero-order valence-corrected chi connectivity index (χ0v) is 14.5. The van der Waals surface area contributed by atoms with Crippen LogP contribution in [-0.2, 0) is 0 Å². The molecule has 2 aromatic rings. The van der Waals surface area contributed by atoms with Crippen LogP contribution in [0.1, 0.15) is 40.0 Å². The van der Waals surface area contributed by atoms with Gasteiger partial charge in [0.1, 0.15) is 0 Å². The molecule has 1 amide bonds. The van der Waals surface area contributed by atoms with Crippen molar-refractivity contribution in [3.63, 3.8) is 0 Å². The number of carboxylic acids is 1. The monoisotopic (exact) mass is 347 g/mol. The van der Waals surface area contributed by atoms with Crippen LogP contribution in [0.15, 0.2) is 60.7 Å². The van der Waals surface area contributed by atoms with E-state index < -0.39 is 5.97 Å². The van der Waals surface area contributed by atoms with Crippen molar-refractivity contribution in [2.24, 2.45) is 5.41 Å². The number of carbonyl (C=O) groups is 2. The van der Waals surface area contributed by atoms with Crippen LogP contribution in [0, 0.1) is 5.41 Å². The first-order valence-electron chi connectivity index (χ1n) is 8.96. The van der Waals surface area contributed by atoms with Gasteiger partial charge in [-0.3, -0.25) is 4.79 Å². The van der Waals surface area contributed by atoms with Gasteiger partial charge in [-0.1, -0.05) is 48.6 Å². The van der Waals surface area contributed by atoms with Gasteiger partial charge in [-0.25, -0.2) is 4.79 Å². The average Bonchev–Trinajstić information content (AvgIpc) is 3.47. The fourth-order valence-electron chi connectivity index (χ4n) is 3.74. The van der Waals surface area contributed by atoms with Crippen LogP contribution >= 0.6 is 0 Å². The molecule has 1 aliphatic carbocycles. The van der Waals surface area contributed by atoms with Gasteiger partial charge in [0.25, 0.3) is 5.91 Å². The van der Waals surface area contributed by atoms with Crippen molar-refractivity contribution in [3.05, 3.63) is 71.8 Å². The summed E-state index contributed by atoms with van der Waals surface area (Å²) in [6, 6.07) is 14.1. The number of rotatable bonds is 3. The predicted octanol–water partition coefficient (Wildman–Crippen LogP) is 4.23. The highest BCUT2D eigenvalue weighted by molar-refractivity contribution is 6.04. The maximum atomic E-state index is 13.3. The van der Waals surface area contributed by atoms with Crippen LogP contribution in [-0.4, -0.2) is 35.0 Å². The Morgan fingerprint density at radius 1 is 0.885 bits per heavy atom. The molecule has 2 aromatic carbocycles. The van der Waals surface area contributed by atoms with E-state index >= 15 is 0 Å². The zero-order chi connectivity index (χ0) is 18.1. The first kappa shape index (κ1) is 16.6. The number of amides is 1. The molecule has 0 saturated heterocycles. The van der Waals surface area contributed by atoms with E-state index in [2.05, 4.69) is 12.2 Å². The lowest BCUT2D eigenvalue weighted by Crippen LogP contribution is -2.35. The topological polar surface area (TPSA) is 57.6 Å². The van der Waals surface area contributed by atoms with Crippen molar-refractivity contribution >= 4 is 11.9 Å². The Balaban J connectivity index is 1.73. The first-order chi connectivity index (χ1) is 12.6. The Labute approximate surface area is 152 Å². The second-order valence-electron chi connectivity index (χ2n) is 7.26.